The number of nitrogens with one attached hydrogen (secondary N) is 1. The van der Waals surface area contributed by atoms with Crippen LogP contribution in [0.1, 0.15) is 18.1 Å². The lowest BCUT2D eigenvalue weighted by atomic mass is 9.96. The molecule has 1 amide bonds. The van der Waals surface area contributed by atoms with E-state index in [4.69, 9.17) is 16.7 Å². The maximum Gasteiger partial charge on any atom is 0.393 e. The van der Waals surface area contributed by atoms with Gasteiger partial charge in [-0.3, -0.25) is 14.5 Å². The van der Waals surface area contributed by atoms with Crippen LogP contribution in [0.2, 0.25) is 5.02 Å². The highest BCUT2D eigenvalue weighted by Crippen LogP contribution is 2.38. The summed E-state index contributed by atoms with van der Waals surface area (Å²) in [5, 5.41) is 12.0. The van der Waals surface area contributed by atoms with E-state index in [0.717, 1.165) is 11.1 Å². The summed E-state index contributed by atoms with van der Waals surface area (Å²) in [6.45, 7) is 4.19. The van der Waals surface area contributed by atoms with E-state index in [9.17, 15) is 22.8 Å². The van der Waals surface area contributed by atoms with Crippen molar-refractivity contribution in [3.63, 3.8) is 0 Å². The van der Waals surface area contributed by atoms with Crippen LogP contribution < -0.4 is 5.32 Å². The Labute approximate surface area is 154 Å². The van der Waals surface area contributed by atoms with Gasteiger partial charge in [0.1, 0.15) is 0 Å². The number of carboxylic acids is 1. The first kappa shape index (κ1) is 20.5. The molecule has 9 heteroatoms. The number of halogens is 4. The number of carbonyl (C=O) groups is 2. The molecule has 0 aromatic heterocycles. The van der Waals surface area contributed by atoms with Gasteiger partial charge in [0.25, 0.3) is 0 Å². The van der Waals surface area contributed by atoms with Gasteiger partial charge in [-0.05, 0) is 38.0 Å². The zero-order chi connectivity index (χ0) is 19.8. The van der Waals surface area contributed by atoms with Crippen molar-refractivity contribution in [3.8, 4) is 0 Å². The maximum absolute atomic E-state index is 13.1. The number of aliphatic carboxylic acids is 1. The van der Waals surface area contributed by atoms with Crippen LogP contribution in [0.15, 0.2) is 12.1 Å². The number of aryl methyl sites for hydroxylation is 2. The van der Waals surface area contributed by atoms with Crippen LogP contribution in [0.25, 0.3) is 0 Å². The van der Waals surface area contributed by atoms with Gasteiger partial charge in [-0.1, -0.05) is 17.7 Å². The molecule has 2 N–H and O–H groups in total. The molecule has 1 aromatic rings. The molecule has 5 nitrogen and oxygen atoms in total. The zero-order valence-electron chi connectivity index (χ0n) is 14.5. The molecule has 1 unspecified atom stereocenters. The number of hydrogen-bond donors (Lipinski definition) is 2. The number of likely N-dealkylation sites (tertiary alicyclic amines) is 1. The molecular weight excluding hydrogens is 373 g/mol. The van der Waals surface area contributed by atoms with Crippen molar-refractivity contribution < 1.29 is 27.9 Å². The second-order valence-corrected chi connectivity index (χ2v) is 7.06. The van der Waals surface area contributed by atoms with Crippen LogP contribution in [0.5, 0.6) is 0 Å². The third-order valence-corrected chi connectivity index (χ3v) is 4.99. The lowest BCUT2D eigenvalue weighted by Crippen LogP contribution is -2.41. The Morgan fingerprint density at radius 3 is 2.38 bits per heavy atom. The number of amides is 1. The van der Waals surface area contributed by atoms with Gasteiger partial charge in [-0.25, -0.2) is 0 Å². The largest absolute Gasteiger partial charge is 0.481 e. The van der Waals surface area contributed by atoms with Gasteiger partial charge in [0.2, 0.25) is 5.91 Å². The highest BCUT2D eigenvalue weighted by atomic mass is 35.5. The Bertz CT molecular complexity index is 701. The van der Waals surface area contributed by atoms with Crippen molar-refractivity contribution >= 4 is 29.2 Å². The van der Waals surface area contributed by atoms with E-state index >= 15 is 0 Å². The topological polar surface area (TPSA) is 69.6 Å². The van der Waals surface area contributed by atoms with Gasteiger partial charge < -0.3 is 10.4 Å². The second-order valence-electron chi connectivity index (χ2n) is 6.65. The molecule has 0 radical (unpaired) electrons. The van der Waals surface area contributed by atoms with Crippen molar-refractivity contribution in [2.75, 3.05) is 18.4 Å². The minimum absolute atomic E-state index is 0.334. The number of carboxylic acid groups (broad SMARTS) is 1. The number of rotatable bonds is 4. The Balaban J connectivity index is 2.15. The molecule has 1 aromatic carbocycles. The van der Waals surface area contributed by atoms with Crippen molar-refractivity contribution in [1.29, 1.82) is 0 Å². The monoisotopic (exact) mass is 392 g/mol. The van der Waals surface area contributed by atoms with Gasteiger partial charge >= 0.3 is 12.1 Å². The number of anilines is 1. The van der Waals surface area contributed by atoms with Gasteiger partial charge in [-0.2, -0.15) is 13.2 Å². The molecule has 3 atom stereocenters. The van der Waals surface area contributed by atoms with Crippen molar-refractivity contribution in [3.05, 3.63) is 28.3 Å². The number of carbonyl (C=O) groups excluding carboxylic acids is 1. The molecule has 0 aliphatic carbocycles. The molecular formula is C17H20ClF3N2O3. The van der Waals surface area contributed by atoms with Crippen molar-refractivity contribution in [1.82, 2.24) is 4.90 Å². The predicted molar refractivity (Wildman–Crippen MR) is 91.3 cm³/mol. The molecule has 0 spiro atoms. The summed E-state index contributed by atoms with van der Waals surface area (Å²) < 4.78 is 39.3. The molecule has 1 fully saturated rings. The summed E-state index contributed by atoms with van der Waals surface area (Å²) in [7, 11) is 0. The van der Waals surface area contributed by atoms with E-state index < -0.39 is 42.5 Å². The fourth-order valence-electron chi connectivity index (χ4n) is 3.20. The van der Waals surface area contributed by atoms with Crippen LogP contribution in [0.3, 0.4) is 0 Å². The summed E-state index contributed by atoms with van der Waals surface area (Å²) in [4.78, 5) is 24.9. The average molecular weight is 393 g/mol. The van der Waals surface area contributed by atoms with Crippen LogP contribution in [-0.4, -0.2) is 47.2 Å². The quantitative estimate of drug-likeness (QED) is 0.823. The van der Waals surface area contributed by atoms with Crippen LogP contribution >= 0.6 is 11.6 Å². The summed E-state index contributed by atoms with van der Waals surface area (Å²) in [6.07, 6.45) is -4.63. The smallest absolute Gasteiger partial charge is 0.393 e. The maximum atomic E-state index is 13.1. The number of hydrogen-bond acceptors (Lipinski definition) is 3. The first-order valence-electron chi connectivity index (χ1n) is 8.03. The number of benzene rings is 1. The number of nitrogens with zero attached hydrogens (tertiary/aromatic N) is 1. The summed E-state index contributed by atoms with van der Waals surface area (Å²) >= 11 is 6.14. The molecule has 0 bridgehead atoms. The molecule has 1 aliphatic rings. The van der Waals surface area contributed by atoms with Gasteiger partial charge in [0, 0.05) is 13.1 Å². The van der Waals surface area contributed by atoms with E-state index in [1.807, 2.05) is 13.0 Å². The molecule has 2 rings (SSSR count). The van der Waals surface area contributed by atoms with Gasteiger partial charge in [-0.15, -0.1) is 0 Å². The van der Waals surface area contributed by atoms with E-state index in [0.29, 0.717) is 10.7 Å². The highest BCUT2D eigenvalue weighted by molar-refractivity contribution is 6.34. The van der Waals surface area contributed by atoms with Gasteiger partial charge in [0.15, 0.2) is 0 Å². The third-order valence-electron chi connectivity index (χ3n) is 4.69. The van der Waals surface area contributed by atoms with E-state index in [-0.39, 0.29) is 6.54 Å². The molecule has 144 valence electrons. The molecule has 1 heterocycles. The normalized spacial score (nSPS) is 22.3. The average Bonchev–Trinajstić information content (AvgIpc) is 2.95. The Morgan fingerprint density at radius 2 is 1.92 bits per heavy atom. The number of alkyl halides is 3. The highest BCUT2D eigenvalue weighted by Gasteiger charge is 2.53. The SMILES string of the molecule is Cc1cc(C)c(NC(=O)C(C)N2C[C@@H](C(F)(F)F)[C@H](C(=O)O)C2)c(Cl)c1. The lowest BCUT2D eigenvalue weighted by molar-refractivity contribution is -0.188. The Morgan fingerprint density at radius 1 is 1.31 bits per heavy atom. The Kier molecular flexibility index (Phi) is 5.87. The van der Waals surface area contributed by atoms with E-state index in [2.05, 4.69) is 5.32 Å². The minimum atomic E-state index is -4.63. The standard InChI is InChI=1S/C17H20ClF3N2O3/c1-8-4-9(2)14(13(18)5-8)22-15(24)10(3)23-6-11(16(25)26)12(7-23)17(19,20)21/h4-5,10-12H,6-7H2,1-3H3,(H,22,24)(H,25,26)/t10?,11-,12-/m1/s1. The summed E-state index contributed by atoms with van der Waals surface area (Å²) in [6, 6.07) is 2.56. The van der Waals surface area contributed by atoms with E-state index in [1.165, 1.54) is 11.8 Å². The van der Waals surface area contributed by atoms with Crippen molar-refractivity contribution in [2.45, 2.75) is 33.0 Å². The zero-order valence-corrected chi connectivity index (χ0v) is 15.3. The molecule has 1 saturated heterocycles. The summed E-state index contributed by atoms with van der Waals surface area (Å²) in [5.41, 5.74) is 2.04. The summed E-state index contributed by atoms with van der Waals surface area (Å²) in [5.74, 6) is -5.64. The molecule has 0 saturated carbocycles. The Hall–Kier alpha value is -1.80. The molecule has 26 heavy (non-hydrogen) atoms. The van der Waals surface area contributed by atoms with E-state index in [1.54, 1.807) is 13.0 Å². The first-order chi connectivity index (χ1) is 11.9. The first-order valence-corrected chi connectivity index (χ1v) is 8.40. The molecule has 1 aliphatic heterocycles. The fourth-order valence-corrected chi connectivity index (χ4v) is 3.57. The lowest BCUT2D eigenvalue weighted by Gasteiger charge is -2.24. The van der Waals surface area contributed by atoms with Crippen molar-refractivity contribution in [2.24, 2.45) is 11.8 Å². The predicted octanol–water partition coefficient (Wildman–Crippen LogP) is 3.48. The van der Waals surface area contributed by atoms with Gasteiger partial charge in [0.05, 0.1) is 28.6 Å². The third kappa shape index (κ3) is 4.29. The fraction of sp³-hybridized carbons (Fsp3) is 0.529. The second kappa shape index (κ2) is 7.44. The van der Waals surface area contributed by atoms with Crippen LogP contribution in [-0.2, 0) is 9.59 Å². The van der Waals surface area contributed by atoms with Crippen LogP contribution in [0.4, 0.5) is 18.9 Å². The van der Waals surface area contributed by atoms with Crippen LogP contribution in [0, 0.1) is 25.7 Å². The minimum Gasteiger partial charge on any atom is -0.481 e.